The molecule has 0 radical (unpaired) electrons. The van der Waals surface area contributed by atoms with Gasteiger partial charge in [-0.15, -0.1) is 12.3 Å². The molecule has 0 N–H and O–H groups in total. The number of hydrogen-bond donors (Lipinski definition) is 0. The predicted octanol–water partition coefficient (Wildman–Crippen LogP) is 1.07. The first-order valence-electron chi connectivity index (χ1n) is 5.93. The van der Waals surface area contributed by atoms with Crippen LogP contribution in [0.4, 0.5) is 0 Å². The van der Waals surface area contributed by atoms with Crippen LogP contribution in [0, 0.1) is 18.3 Å². The monoisotopic (exact) mass is 277 g/mol. The van der Waals surface area contributed by atoms with Gasteiger partial charge in [-0.1, -0.05) is 12.1 Å². The van der Waals surface area contributed by atoms with Crippen molar-refractivity contribution in [1.82, 2.24) is 4.90 Å². The molecule has 2 rings (SSSR count). The first-order valence-corrected chi connectivity index (χ1v) is 7.82. The van der Waals surface area contributed by atoms with Crippen molar-refractivity contribution < 1.29 is 13.2 Å². The van der Waals surface area contributed by atoms with Crippen LogP contribution in [0.5, 0.6) is 0 Å². The van der Waals surface area contributed by atoms with Crippen LogP contribution < -0.4 is 0 Å². The fourth-order valence-electron chi connectivity index (χ4n) is 2.10. The summed E-state index contributed by atoms with van der Waals surface area (Å²) in [4.78, 5) is 13.7. The molecule has 0 bridgehead atoms. The molecule has 1 aromatic rings. The maximum Gasteiger partial charge on any atom is 0.224 e. The van der Waals surface area contributed by atoms with Crippen molar-refractivity contribution in [3.63, 3.8) is 0 Å². The van der Waals surface area contributed by atoms with E-state index in [0.29, 0.717) is 19.5 Å². The number of likely N-dealkylation sites (tertiary alicyclic amines) is 1. The molecule has 1 unspecified atom stereocenters. The first kappa shape index (κ1) is 13.6. The summed E-state index contributed by atoms with van der Waals surface area (Å²) in [5.41, 5.74) is 0.901. The van der Waals surface area contributed by atoms with Crippen LogP contribution in [0.15, 0.2) is 29.2 Å². The van der Waals surface area contributed by atoms with Crippen molar-refractivity contribution in [2.24, 2.45) is 5.92 Å². The Morgan fingerprint density at radius 3 is 2.47 bits per heavy atom. The van der Waals surface area contributed by atoms with Gasteiger partial charge in [-0.05, 0) is 17.7 Å². The lowest BCUT2D eigenvalue weighted by Crippen LogP contribution is -2.24. The summed E-state index contributed by atoms with van der Waals surface area (Å²) in [6.07, 6.45) is 6.89. The van der Waals surface area contributed by atoms with Gasteiger partial charge in [-0.3, -0.25) is 4.79 Å². The van der Waals surface area contributed by atoms with Gasteiger partial charge in [-0.2, -0.15) is 0 Å². The molecule has 4 nitrogen and oxygen atoms in total. The summed E-state index contributed by atoms with van der Waals surface area (Å²) in [6, 6.07) is 6.58. The normalized spacial score (nSPS) is 19.5. The molecule has 1 aliphatic heterocycles. The van der Waals surface area contributed by atoms with Gasteiger partial charge in [0.2, 0.25) is 5.91 Å². The lowest BCUT2D eigenvalue weighted by Gasteiger charge is -2.15. The Balaban J connectivity index is 2.09. The summed E-state index contributed by atoms with van der Waals surface area (Å²) in [5, 5.41) is 0. The van der Waals surface area contributed by atoms with E-state index in [9.17, 15) is 13.2 Å². The fourth-order valence-corrected chi connectivity index (χ4v) is 2.73. The number of carbonyl (C=O) groups excluding carboxylic acids is 1. The molecule has 0 saturated carbocycles. The van der Waals surface area contributed by atoms with Crippen LogP contribution in [0.2, 0.25) is 0 Å². The Hall–Kier alpha value is -1.80. The average Bonchev–Trinajstić information content (AvgIpc) is 2.70. The number of sulfone groups is 1. The summed E-state index contributed by atoms with van der Waals surface area (Å²) in [5.74, 6) is 2.64. The highest BCUT2D eigenvalue weighted by Crippen LogP contribution is 2.20. The molecule has 5 heteroatoms. The lowest BCUT2D eigenvalue weighted by molar-refractivity contribution is -0.128. The largest absolute Gasteiger partial charge is 0.337 e. The molecular formula is C14H15NO3S. The van der Waals surface area contributed by atoms with Crippen LogP contribution in [0.25, 0.3) is 0 Å². The lowest BCUT2D eigenvalue weighted by atomic mass is 10.1. The summed E-state index contributed by atoms with van der Waals surface area (Å²) in [6.45, 7) is 1.05. The third-order valence-corrected chi connectivity index (χ3v) is 4.30. The van der Waals surface area contributed by atoms with Crippen molar-refractivity contribution in [3.8, 4) is 12.3 Å². The number of amides is 1. The Morgan fingerprint density at radius 2 is 2.00 bits per heavy atom. The molecule has 1 heterocycles. The first-order chi connectivity index (χ1) is 8.90. The number of hydrogen-bond acceptors (Lipinski definition) is 3. The van der Waals surface area contributed by atoms with E-state index in [0.717, 1.165) is 5.56 Å². The highest BCUT2D eigenvalue weighted by molar-refractivity contribution is 7.90. The molecule has 0 spiro atoms. The standard InChI is InChI=1S/C14H15NO3S/c1-3-11-8-14(16)15(9-11)10-12-4-6-13(7-5-12)19(2,17)18/h1,4-7,11H,8-10H2,2H3. The molecule has 0 aliphatic carbocycles. The van der Waals surface area contributed by atoms with Crippen molar-refractivity contribution in [1.29, 1.82) is 0 Å². The fraction of sp³-hybridized carbons (Fsp3) is 0.357. The van der Waals surface area contributed by atoms with Crippen molar-refractivity contribution in [2.75, 3.05) is 12.8 Å². The second kappa shape index (κ2) is 5.06. The van der Waals surface area contributed by atoms with Crippen LogP contribution >= 0.6 is 0 Å². The third kappa shape index (κ3) is 3.15. The van der Waals surface area contributed by atoms with Crippen LogP contribution in [0.3, 0.4) is 0 Å². The molecule has 1 amide bonds. The molecule has 1 atom stereocenters. The predicted molar refractivity (Wildman–Crippen MR) is 71.9 cm³/mol. The molecule has 19 heavy (non-hydrogen) atoms. The Kier molecular flexibility index (Phi) is 3.63. The van der Waals surface area contributed by atoms with E-state index in [4.69, 9.17) is 6.42 Å². The van der Waals surface area contributed by atoms with Crippen molar-refractivity contribution in [3.05, 3.63) is 29.8 Å². The number of nitrogens with zero attached hydrogens (tertiary/aromatic N) is 1. The van der Waals surface area contributed by atoms with Crippen molar-refractivity contribution >= 4 is 15.7 Å². The molecular weight excluding hydrogens is 262 g/mol. The highest BCUT2D eigenvalue weighted by atomic mass is 32.2. The van der Waals surface area contributed by atoms with Gasteiger partial charge < -0.3 is 4.90 Å². The van der Waals surface area contributed by atoms with Gasteiger partial charge >= 0.3 is 0 Å². The summed E-state index contributed by atoms with van der Waals surface area (Å²) in [7, 11) is -3.18. The van der Waals surface area contributed by atoms with E-state index in [1.54, 1.807) is 29.2 Å². The van der Waals surface area contributed by atoms with Crippen LogP contribution in [-0.2, 0) is 21.2 Å². The third-order valence-electron chi connectivity index (χ3n) is 3.18. The number of carbonyl (C=O) groups is 1. The zero-order chi connectivity index (χ0) is 14.0. The number of rotatable bonds is 3. The maximum absolute atomic E-state index is 11.7. The van der Waals surface area contributed by atoms with Gasteiger partial charge in [0.15, 0.2) is 9.84 Å². The smallest absolute Gasteiger partial charge is 0.224 e. The minimum absolute atomic E-state index is 0.0113. The average molecular weight is 277 g/mol. The van der Waals surface area contributed by atoms with E-state index < -0.39 is 9.84 Å². The SMILES string of the molecule is C#CC1CC(=O)N(Cc2ccc(S(C)(=O)=O)cc2)C1. The Labute approximate surface area is 113 Å². The number of benzene rings is 1. The van der Waals surface area contributed by atoms with E-state index in [-0.39, 0.29) is 16.7 Å². The number of terminal acetylenes is 1. The molecule has 1 saturated heterocycles. The highest BCUT2D eigenvalue weighted by Gasteiger charge is 2.27. The molecule has 1 aromatic carbocycles. The topological polar surface area (TPSA) is 54.5 Å². The minimum atomic E-state index is -3.18. The van der Waals surface area contributed by atoms with Gasteiger partial charge in [0, 0.05) is 31.7 Å². The van der Waals surface area contributed by atoms with E-state index in [1.165, 1.54) is 6.26 Å². The molecule has 100 valence electrons. The quantitative estimate of drug-likeness (QED) is 0.777. The van der Waals surface area contributed by atoms with E-state index in [2.05, 4.69) is 5.92 Å². The minimum Gasteiger partial charge on any atom is -0.337 e. The van der Waals surface area contributed by atoms with Gasteiger partial charge in [-0.25, -0.2) is 8.42 Å². The molecule has 1 fully saturated rings. The van der Waals surface area contributed by atoms with Gasteiger partial charge in [0.05, 0.1) is 4.90 Å². The zero-order valence-electron chi connectivity index (χ0n) is 10.7. The Bertz CT molecular complexity index is 626. The Morgan fingerprint density at radius 1 is 1.37 bits per heavy atom. The van der Waals surface area contributed by atoms with E-state index in [1.807, 2.05) is 0 Å². The van der Waals surface area contributed by atoms with Gasteiger partial charge in [0.25, 0.3) is 0 Å². The van der Waals surface area contributed by atoms with Crippen LogP contribution in [-0.4, -0.2) is 32.0 Å². The zero-order valence-corrected chi connectivity index (χ0v) is 11.5. The maximum atomic E-state index is 11.7. The second-order valence-electron chi connectivity index (χ2n) is 4.76. The van der Waals surface area contributed by atoms with Crippen LogP contribution in [0.1, 0.15) is 12.0 Å². The summed E-state index contributed by atoms with van der Waals surface area (Å²) < 4.78 is 22.7. The van der Waals surface area contributed by atoms with Crippen molar-refractivity contribution in [2.45, 2.75) is 17.9 Å². The van der Waals surface area contributed by atoms with Gasteiger partial charge in [0.1, 0.15) is 0 Å². The van der Waals surface area contributed by atoms with E-state index >= 15 is 0 Å². The second-order valence-corrected chi connectivity index (χ2v) is 6.77. The molecule has 0 aromatic heterocycles. The summed E-state index contributed by atoms with van der Waals surface area (Å²) >= 11 is 0. The molecule has 1 aliphatic rings.